The molecule has 2 atom stereocenters. The first-order valence-corrected chi connectivity index (χ1v) is 10.7. The maximum atomic E-state index is 12.9. The van der Waals surface area contributed by atoms with Crippen LogP contribution in [0.15, 0.2) is 18.5 Å². The summed E-state index contributed by atoms with van der Waals surface area (Å²) in [7, 11) is 1.90. The minimum absolute atomic E-state index is 0.0328. The number of nitrogens with one attached hydrogen (secondary N) is 1. The molecule has 0 radical (unpaired) electrons. The van der Waals surface area contributed by atoms with Crippen molar-refractivity contribution in [3.8, 4) is 0 Å². The fourth-order valence-corrected chi connectivity index (χ4v) is 6.86. The molecule has 9 nitrogen and oxygen atoms in total. The molecule has 30 heavy (non-hydrogen) atoms. The average molecular weight is 412 g/mol. The molecule has 4 aliphatic carbocycles. The summed E-state index contributed by atoms with van der Waals surface area (Å²) in [6, 6.07) is 1.99. The van der Waals surface area contributed by atoms with Crippen molar-refractivity contribution < 1.29 is 9.72 Å². The van der Waals surface area contributed by atoms with Gasteiger partial charge in [-0.25, -0.2) is 0 Å². The lowest BCUT2D eigenvalue weighted by molar-refractivity contribution is -0.385. The molecule has 1 amide bonds. The van der Waals surface area contributed by atoms with Gasteiger partial charge in [-0.1, -0.05) is 0 Å². The lowest BCUT2D eigenvalue weighted by Crippen LogP contribution is -2.57. The van der Waals surface area contributed by atoms with E-state index in [1.165, 1.54) is 12.6 Å². The van der Waals surface area contributed by atoms with E-state index in [1.807, 2.05) is 29.4 Å². The summed E-state index contributed by atoms with van der Waals surface area (Å²) in [5, 5.41) is 23.0. The zero-order chi connectivity index (χ0) is 21.1. The molecule has 9 heteroatoms. The van der Waals surface area contributed by atoms with Crippen molar-refractivity contribution in [2.75, 3.05) is 0 Å². The molecule has 2 aromatic heterocycles. The summed E-state index contributed by atoms with van der Waals surface area (Å²) < 4.78 is 3.67. The second kappa shape index (κ2) is 6.65. The summed E-state index contributed by atoms with van der Waals surface area (Å²) in [5.74, 6) is 1.21. The van der Waals surface area contributed by atoms with Crippen LogP contribution in [0.3, 0.4) is 0 Å². The number of carbonyl (C=O) groups is 1. The van der Waals surface area contributed by atoms with Gasteiger partial charge in [-0.15, -0.1) is 0 Å². The number of hydrogen-bond donors (Lipinski definition) is 1. The van der Waals surface area contributed by atoms with E-state index in [1.54, 1.807) is 6.20 Å². The van der Waals surface area contributed by atoms with Gasteiger partial charge in [0.25, 0.3) is 0 Å². The quantitative estimate of drug-likeness (QED) is 0.580. The molecule has 0 aliphatic heterocycles. The van der Waals surface area contributed by atoms with E-state index in [9.17, 15) is 14.9 Å². The molecule has 1 N–H and O–H groups in total. The van der Waals surface area contributed by atoms with E-state index in [2.05, 4.69) is 15.5 Å². The van der Waals surface area contributed by atoms with Gasteiger partial charge in [-0.3, -0.25) is 24.3 Å². The molecule has 160 valence electrons. The number of nitrogens with zero attached hydrogens (tertiary/aromatic N) is 5. The third kappa shape index (κ3) is 3.20. The van der Waals surface area contributed by atoms with Crippen molar-refractivity contribution in [2.45, 2.75) is 64.0 Å². The molecular weight excluding hydrogens is 384 g/mol. The number of aryl methyl sites for hydroxylation is 2. The van der Waals surface area contributed by atoms with E-state index in [4.69, 9.17) is 0 Å². The molecule has 2 unspecified atom stereocenters. The van der Waals surface area contributed by atoms with Crippen molar-refractivity contribution in [3.05, 3.63) is 40.0 Å². The molecule has 6 rings (SSSR count). The lowest BCUT2D eigenvalue weighted by atomic mass is 9.46. The largest absolute Gasteiger partial charge is 0.350 e. The Balaban J connectivity index is 1.32. The molecule has 0 saturated heterocycles. The average Bonchev–Trinajstić information content (AvgIpc) is 3.26. The van der Waals surface area contributed by atoms with Crippen LogP contribution in [0.5, 0.6) is 0 Å². The molecule has 4 fully saturated rings. The second-order valence-corrected chi connectivity index (χ2v) is 9.94. The van der Waals surface area contributed by atoms with Crippen LogP contribution in [0.2, 0.25) is 0 Å². The SMILES string of the molecule is Cc1cc(CNC(=O)CC23CC4CC(C2)CC(n2cc([N+](=O)[O-])cn2)(C4)C3)nn1C. The summed E-state index contributed by atoms with van der Waals surface area (Å²) in [4.78, 5) is 23.6. The summed E-state index contributed by atoms with van der Waals surface area (Å²) in [6.07, 6.45) is 9.71. The minimum Gasteiger partial charge on any atom is -0.350 e. The van der Waals surface area contributed by atoms with Crippen molar-refractivity contribution >= 4 is 11.6 Å². The Morgan fingerprint density at radius 2 is 2.07 bits per heavy atom. The zero-order valence-electron chi connectivity index (χ0n) is 17.5. The molecule has 2 aromatic rings. The molecule has 2 heterocycles. The van der Waals surface area contributed by atoms with Crippen LogP contribution in [0, 0.1) is 34.3 Å². The van der Waals surface area contributed by atoms with E-state index >= 15 is 0 Å². The van der Waals surface area contributed by atoms with Gasteiger partial charge < -0.3 is 5.32 Å². The number of hydrogen-bond acceptors (Lipinski definition) is 5. The van der Waals surface area contributed by atoms with Crippen molar-refractivity contribution in [1.82, 2.24) is 24.9 Å². The monoisotopic (exact) mass is 412 g/mol. The Hall–Kier alpha value is -2.71. The standard InChI is InChI=1S/C21H28N6O3/c1-14-3-17(24-25(14)2)10-22-19(28)9-20-5-15-4-16(6-20)8-21(7-15,13-20)26-12-18(11-23-26)27(29)30/h3,11-12,15-16H,4-10,13H2,1-2H3,(H,22,28). The van der Waals surface area contributed by atoms with Gasteiger partial charge in [0, 0.05) is 19.2 Å². The fourth-order valence-electron chi connectivity index (χ4n) is 6.86. The van der Waals surface area contributed by atoms with Crippen LogP contribution in [0.1, 0.15) is 56.3 Å². The number of nitro groups is 1. The minimum atomic E-state index is -0.382. The maximum absolute atomic E-state index is 12.9. The number of carbonyl (C=O) groups excluding carboxylic acids is 1. The molecule has 0 aromatic carbocycles. The van der Waals surface area contributed by atoms with Crippen molar-refractivity contribution in [1.29, 1.82) is 0 Å². The molecule has 4 bridgehead atoms. The highest BCUT2D eigenvalue weighted by Gasteiger charge is 2.59. The van der Waals surface area contributed by atoms with Crippen LogP contribution in [0.4, 0.5) is 5.69 Å². The third-order valence-corrected chi connectivity index (χ3v) is 7.58. The lowest BCUT2D eigenvalue weighted by Gasteiger charge is -2.61. The van der Waals surface area contributed by atoms with Gasteiger partial charge in [0.05, 0.1) is 22.7 Å². The number of aromatic nitrogens is 4. The van der Waals surface area contributed by atoms with Crippen LogP contribution < -0.4 is 5.32 Å². The predicted octanol–water partition coefficient (Wildman–Crippen LogP) is 2.84. The summed E-state index contributed by atoms with van der Waals surface area (Å²) in [6.45, 7) is 2.44. The predicted molar refractivity (Wildman–Crippen MR) is 108 cm³/mol. The van der Waals surface area contributed by atoms with Crippen molar-refractivity contribution in [2.24, 2.45) is 24.3 Å². The Morgan fingerprint density at radius 3 is 2.67 bits per heavy atom. The first kappa shape index (κ1) is 19.3. The van der Waals surface area contributed by atoms with Gasteiger partial charge in [0.15, 0.2) is 0 Å². The fraction of sp³-hybridized carbons (Fsp3) is 0.667. The number of rotatable bonds is 6. The molecule has 4 saturated carbocycles. The van der Waals surface area contributed by atoms with E-state index in [0.29, 0.717) is 24.8 Å². The second-order valence-electron chi connectivity index (χ2n) is 9.94. The molecule has 4 aliphatic rings. The normalized spacial score (nSPS) is 31.8. The topological polar surface area (TPSA) is 108 Å². The first-order chi connectivity index (χ1) is 14.3. The Bertz CT molecular complexity index is 975. The Kier molecular flexibility index (Phi) is 4.27. The highest BCUT2D eigenvalue weighted by atomic mass is 16.6. The Morgan fingerprint density at radius 1 is 1.33 bits per heavy atom. The summed E-state index contributed by atoms with van der Waals surface area (Å²) in [5.41, 5.74) is 1.76. The van der Waals surface area contributed by atoms with Gasteiger partial charge in [0.1, 0.15) is 12.4 Å². The van der Waals surface area contributed by atoms with Gasteiger partial charge in [-0.05, 0) is 68.8 Å². The maximum Gasteiger partial charge on any atom is 0.307 e. The third-order valence-electron chi connectivity index (χ3n) is 7.58. The Labute approximate surface area is 175 Å². The van der Waals surface area contributed by atoms with Crippen LogP contribution in [0.25, 0.3) is 0 Å². The highest BCUT2D eigenvalue weighted by Crippen LogP contribution is 2.65. The number of amides is 1. The van der Waals surface area contributed by atoms with E-state index < -0.39 is 0 Å². The van der Waals surface area contributed by atoms with Crippen LogP contribution >= 0.6 is 0 Å². The van der Waals surface area contributed by atoms with Crippen LogP contribution in [-0.2, 0) is 23.9 Å². The first-order valence-electron chi connectivity index (χ1n) is 10.7. The smallest absolute Gasteiger partial charge is 0.307 e. The van der Waals surface area contributed by atoms with Gasteiger partial charge in [0.2, 0.25) is 5.91 Å². The summed E-state index contributed by atoms with van der Waals surface area (Å²) >= 11 is 0. The van der Waals surface area contributed by atoms with E-state index in [-0.39, 0.29) is 27.5 Å². The van der Waals surface area contributed by atoms with Crippen LogP contribution in [-0.4, -0.2) is 30.4 Å². The zero-order valence-corrected chi connectivity index (χ0v) is 17.5. The van der Waals surface area contributed by atoms with Crippen molar-refractivity contribution in [3.63, 3.8) is 0 Å². The van der Waals surface area contributed by atoms with Gasteiger partial charge in [-0.2, -0.15) is 10.2 Å². The van der Waals surface area contributed by atoms with E-state index in [0.717, 1.165) is 43.5 Å². The highest BCUT2D eigenvalue weighted by molar-refractivity contribution is 5.76. The van der Waals surface area contributed by atoms with Gasteiger partial charge >= 0.3 is 5.69 Å². The molecular formula is C21H28N6O3. The molecule has 0 spiro atoms.